The average Bonchev–Trinajstić information content (AvgIpc) is 2.39. The van der Waals surface area contributed by atoms with Crippen molar-refractivity contribution in [2.45, 2.75) is 25.6 Å². The Bertz CT molecular complexity index is 500. The Kier molecular flexibility index (Phi) is 5.54. The minimum atomic E-state index is -1.09. The third-order valence-electron chi connectivity index (χ3n) is 2.81. The zero-order chi connectivity index (χ0) is 15.3. The number of aromatic hydroxyl groups is 1. The van der Waals surface area contributed by atoms with Crippen molar-refractivity contribution in [2.24, 2.45) is 0 Å². The third kappa shape index (κ3) is 4.25. The second-order valence-corrected chi connectivity index (χ2v) is 4.52. The monoisotopic (exact) mass is 281 g/mol. The smallest absolute Gasteiger partial charge is 0.321 e. The van der Waals surface area contributed by atoms with Crippen molar-refractivity contribution in [1.82, 2.24) is 5.32 Å². The summed E-state index contributed by atoms with van der Waals surface area (Å²) in [6.45, 7) is 5.15. The summed E-state index contributed by atoms with van der Waals surface area (Å²) in [6, 6.07) is 3.61. The molecule has 2 unspecified atom stereocenters. The molecule has 0 bridgehead atoms. The minimum Gasteiger partial charge on any atom is -0.504 e. The molecule has 20 heavy (non-hydrogen) atoms. The summed E-state index contributed by atoms with van der Waals surface area (Å²) in [7, 11) is 1.41. The van der Waals surface area contributed by atoms with E-state index < -0.39 is 18.2 Å². The van der Waals surface area contributed by atoms with Crippen LogP contribution in [0.5, 0.6) is 11.5 Å². The van der Waals surface area contributed by atoms with Crippen LogP contribution >= 0.6 is 0 Å². The molecule has 0 saturated heterocycles. The molecule has 1 aromatic rings. The molecular formula is C14H19NO5. The van der Waals surface area contributed by atoms with Gasteiger partial charge >= 0.3 is 5.97 Å². The molecule has 6 nitrogen and oxygen atoms in total. The summed E-state index contributed by atoms with van der Waals surface area (Å²) in [5, 5.41) is 30.8. The lowest BCUT2D eigenvalue weighted by Gasteiger charge is -2.19. The van der Waals surface area contributed by atoms with Crippen LogP contribution < -0.4 is 10.1 Å². The zero-order valence-electron chi connectivity index (χ0n) is 11.5. The molecule has 0 aliphatic heterocycles. The van der Waals surface area contributed by atoms with E-state index in [9.17, 15) is 15.0 Å². The summed E-state index contributed by atoms with van der Waals surface area (Å²) in [4.78, 5) is 11.2. The highest BCUT2D eigenvalue weighted by Gasteiger charge is 2.21. The lowest BCUT2D eigenvalue weighted by Crippen LogP contribution is -2.45. The van der Waals surface area contributed by atoms with Gasteiger partial charge < -0.3 is 20.1 Å². The number of methoxy groups -OCH3 is 1. The highest BCUT2D eigenvalue weighted by molar-refractivity contribution is 5.74. The Morgan fingerprint density at radius 3 is 2.65 bits per heavy atom. The lowest BCUT2D eigenvalue weighted by atomic mass is 10.0. The Labute approximate surface area is 117 Å². The van der Waals surface area contributed by atoms with Gasteiger partial charge in [0.05, 0.1) is 7.11 Å². The van der Waals surface area contributed by atoms with Gasteiger partial charge in [0.2, 0.25) is 0 Å². The quantitative estimate of drug-likeness (QED) is 0.437. The number of rotatable bonds is 7. The van der Waals surface area contributed by atoms with E-state index in [1.54, 1.807) is 19.1 Å². The molecule has 0 saturated carbocycles. The van der Waals surface area contributed by atoms with Gasteiger partial charge in [0, 0.05) is 0 Å². The van der Waals surface area contributed by atoms with Gasteiger partial charge in [-0.2, -0.15) is 0 Å². The second kappa shape index (κ2) is 6.93. The summed E-state index contributed by atoms with van der Waals surface area (Å²) in [5.41, 5.74) is 1.09. The van der Waals surface area contributed by atoms with Crippen molar-refractivity contribution in [3.63, 3.8) is 0 Å². The summed E-state index contributed by atoms with van der Waals surface area (Å²) >= 11 is 0. The van der Waals surface area contributed by atoms with Crippen molar-refractivity contribution in [2.75, 3.05) is 7.11 Å². The molecule has 6 heteroatoms. The first-order valence-electron chi connectivity index (χ1n) is 6.03. The number of carboxylic acids is 1. The van der Waals surface area contributed by atoms with Crippen molar-refractivity contribution >= 4 is 5.97 Å². The van der Waals surface area contributed by atoms with Gasteiger partial charge in [0.25, 0.3) is 0 Å². The predicted molar refractivity (Wildman–Crippen MR) is 73.7 cm³/mol. The van der Waals surface area contributed by atoms with Crippen LogP contribution in [0.2, 0.25) is 0 Å². The average molecular weight is 281 g/mol. The van der Waals surface area contributed by atoms with Crippen LogP contribution in [0.1, 0.15) is 12.5 Å². The number of nitrogens with one attached hydrogen (secondary N) is 1. The maximum Gasteiger partial charge on any atom is 0.321 e. The highest BCUT2D eigenvalue weighted by Crippen LogP contribution is 2.26. The van der Waals surface area contributed by atoms with Crippen molar-refractivity contribution in [3.05, 3.63) is 35.9 Å². The molecule has 4 N–H and O–H groups in total. The molecule has 0 heterocycles. The van der Waals surface area contributed by atoms with E-state index in [1.807, 2.05) is 0 Å². The van der Waals surface area contributed by atoms with E-state index in [0.717, 1.165) is 0 Å². The predicted octanol–water partition coefficient (Wildman–Crippen LogP) is 0.881. The molecule has 1 aromatic carbocycles. The number of aliphatic carboxylic acids is 1. The number of carbonyl (C=O) groups is 1. The fourth-order valence-corrected chi connectivity index (χ4v) is 1.64. The molecule has 0 aliphatic rings. The number of aliphatic hydroxyl groups is 1. The van der Waals surface area contributed by atoms with Crippen LogP contribution in [0.4, 0.5) is 0 Å². The van der Waals surface area contributed by atoms with Crippen LogP contribution in [0.3, 0.4) is 0 Å². The van der Waals surface area contributed by atoms with E-state index in [0.29, 0.717) is 11.1 Å². The number of phenolic OH excluding ortho intramolecular Hbond substituents is 1. The molecule has 0 amide bonds. The number of hydrogen-bond acceptors (Lipinski definition) is 5. The van der Waals surface area contributed by atoms with E-state index in [4.69, 9.17) is 9.84 Å². The zero-order valence-corrected chi connectivity index (χ0v) is 11.5. The molecule has 0 fully saturated rings. The van der Waals surface area contributed by atoms with Gasteiger partial charge in [0.1, 0.15) is 12.3 Å². The summed E-state index contributed by atoms with van der Waals surface area (Å²) in [5.74, 6) is -0.831. The molecule has 0 radical (unpaired) electrons. The standard InChI is InChI=1S/C14H19NO5/c1-8(2)13(17)15-10(14(18)19)6-9-4-5-11(16)12(7-9)20-3/h4-5,7,10,13,15-17H,1,6H2,2-3H3,(H,18,19). The first kappa shape index (κ1) is 16.0. The lowest BCUT2D eigenvalue weighted by molar-refractivity contribution is -0.140. The van der Waals surface area contributed by atoms with Crippen molar-refractivity contribution in [3.8, 4) is 11.5 Å². The number of aliphatic hydroxyl groups excluding tert-OH is 1. The second-order valence-electron chi connectivity index (χ2n) is 4.52. The summed E-state index contributed by atoms with van der Waals surface area (Å²) < 4.78 is 4.97. The molecule has 0 aliphatic carbocycles. The Balaban J connectivity index is 2.85. The number of phenols is 1. The van der Waals surface area contributed by atoms with Gasteiger partial charge in [0.15, 0.2) is 11.5 Å². The van der Waals surface area contributed by atoms with Crippen molar-refractivity contribution in [1.29, 1.82) is 0 Å². The van der Waals surface area contributed by atoms with E-state index in [2.05, 4.69) is 11.9 Å². The molecular weight excluding hydrogens is 262 g/mol. The first-order valence-corrected chi connectivity index (χ1v) is 6.03. The Morgan fingerprint density at radius 1 is 1.50 bits per heavy atom. The largest absolute Gasteiger partial charge is 0.504 e. The van der Waals surface area contributed by atoms with Gasteiger partial charge in [-0.05, 0) is 36.6 Å². The number of carboxylic acid groups (broad SMARTS) is 1. The minimum absolute atomic E-state index is 0.0157. The van der Waals surface area contributed by atoms with Crippen LogP contribution in [0.25, 0.3) is 0 Å². The normalized spacial score (nSPS) is 13.6. The Hall–Kier alpha value is -2.05. The SMILES string of the molecule is C=C(C)C(O)NC(Cc1ccc(O)c(OC)c1)C(=O)O. The van der Waals surface area contributed by atoms with Crippen LogP contribution in [0, 0.1) is 0 Å². The number of benzene rings is 1. The van der Waals surface area contributed by atoms with E-state index >= 15 is 0 Å². The van der Waals surface area contributed by atoms with Gasteiger partial charge in [-0.15, -0.1) is 0 Å². The van der Waals surface area contributed by atoms with Crippen LogP contribution in [-0.2, 0) is 11.2 Å². The fraction of sp³-hybridized carbons (Fsp3) is 0.357. The molecule has 2 atom stereocenters. The Morgan fingerprint density at radius 2 is 2.15 bits per heavy atom. The van der Waals surface area contributed by atoms with E-state index in [1.165, 1.54) is 13.2 Å². The van der Waals surface area contributed by atoms with Gasteiger partial charge in [-0.3, -0.25) is 10.1 Å². The third-order valence-corrected chi connectivity index (χ3v) is 2.81. The molecule has 1 rings (SSSR count). The topological polar surface area (TPSA) is 99.0 Å². The first-order chi connectivity index (χ1) is 9.35. The maximum atomic E-state index is 11.2. The van der Waals surface area contributed by atoms with Crippen LogP contribution in [-0.4, -0.2) is 40.7 Å². The summed E-state index contributed by atoms with van der Waals surface area (Å²) in [6.07, 6.45) is -0.953. The molecule has 0 spiro atoms. The highest BCUT2D eigenvalue weighted by atomic mass is 16.5. The van der Waals surface area contributed by atoms with Gasteiger partial charge in [-0.1, -0.05) is 12.6 Å². The molecule has 0 aromatic heterocycles. The number of ether oxygens (including phenoxy) is 1. The number of hydrogen-bond donors (Lipinski definition) is 4. The van der Waals surface area contributed by atoms with Gasteiger partial charge in [-0.25, -0.2) is 0 Å². The fourth-order valence-electron chi connectivity index (χ4n) is 1.64. The molecule has 110 valence electrons. The maximum absolute atomic E-state index is 11.2. The van der Waals surface area contributed by atoms with Crippen LogP contribution in [0.15, 0.2) is 30.4 Å². The van der Waals surface area contributed by atoms with E-state index in [-0.39, 0.29) is 17.9 Å². The van der Waals surface area contributed by atoms with Crippen molar-refractivity contribution < 1.29 is 24.9 Å².